The fraction of sp³-hybridized carbons (Fsp3) is 0.706. The monoisotopic (exact) mass is 335 g/mol. The van der Waals surface area contributed by atoms with Crippen LogP contribution in [-0.4, -0.2) is 66.8 Å². The molecule has 0 N–H and O–H groups in total. The molecule has 2 rings (SSSR count). The van der Waals surface area contributed by atoms with Gasteiger partial charge in [-0.05, 0) is 39.7 Å². The van der Waals surface area contributed by atoms with E-state index in [-0.39, 0.29) is 12.1 Å². The Balaban J connectivity index is 1.93. The Bertz CT molecular complexity index is 562. The summed E-state index contributed by atoms with van der Waals surface area (Å²) < 4.78 is 5.45. The van der Waals surface area contributed by atoms with Crippen LogP contribution < -0.4 is 9.80 Å². The van der Waals surface area contributed by atoms with Crippen molar-refractivity contribution in [3.8, 4) is 0 Å². The molecule has 1 aromatic heterocycles. The van der Waals surface area contributed by atoms with Crippen molar-refractivity contribution in [1.82, 2.24) is 14.9 Å². The van der Waals surface area contributed by atoms with Crippen LogP contribution in [0.15, 0.2) is 12.3 Å². The smallest absolute Gasteiger partial charge is 0.410 e. The van der Waals surface area contributed by atoms with Crippen molar-refractivity contribution in [1.29, 1.82) is 0 Å². The number of carbonyl (C=O) groups excluding carboxylic acids is 1. The molecule has 1 saturated heterocycles. The molecule has 1 aromatic rings. The van der Waals surface area contributed by atoms with E-state index >= 15 is 0 Å². The normalized spacial score (nSPS) is 16.0. The highest BCUT2D eigenvalue weighted by molar-refractivity contribution is 5.68. The summed E-state index contributed by atoms with van der Waals surface area (Å²) in [5, 5.41) is 0. The highest BCUT2D eigenvalue weighted by atomic mass is 16.6. The number of anilines is 2. The van der Waals surface area contributed by atoms with E-state index in [0.29, 0.717) is 5.95 Å². The standard InChI is InChI=1S/C17H29N5O2/c1-17(2,3)24-16(23)21(6)13-8-11-22(12-9-13)14-7-10-18-15(19-14)20(4)5/h7,10,13H,8-9,11-12H2,1-6H3. The van der Waals surface area contributed by atoms with E-state index < -0.39 is 5.60 Å². The summed E-state index contributed by atoms with van der Waals surface area (Å²) in [7, 11) is 5.69. The maximum absolute atomic E-state index is 12.2. The van der Waals surface area contributed by atoms with Crippen LogP contribution in [0.4, 0.5) is 16.6 Å². The molecule has 0 radical (unpaired) electrons. The third-order valence-corrected chi connectivity index (χ3v) is 4.05. The van der Waals surface area contributed by atoms with Gasteiger partial charge in [0.2, 0.25) is 5.95 Å². The Morgan fingerprint density at radius 2 is 1.88 bits per heavy atom. The molecule has 1 aliphatic rings. The molecule has 0 aromatic carbocycles. The van der Waals surface area contributed by atoms with Gasteiger partial charge in [0.25, 0.3) is 0 Å². The Morgan fingerprint density at radius 3 is 2.42 bits per heavy atom. The molecular formula is C17H29N5O2. The first-order valence-corrected chi connectivity index (χ1v) is 8.38. The highest BCUT2D eigenvalue weighted by Crippen LogP contribution is 2.22. The summed E-state index contributed by atoms with van der Waals surface area (Å²) in [5.41, 5.74) is -0.463. The van der Waals surface area contributed by atoms with Crippen molar-refractivity contribution >= 4 is 17.9 Å². The van der Waals surface area contributed by atoms with Crippen LogP contribution in [0, 0.1) is 0 Å². The van der Waals surface area contributed by atoms with Crippen molar-refractivity contribution in [2.75, 3.05) is 44.0 Å². The van der Waals surface area contributed by atoms with Crippen molar-refractivity contribution < 1.29 is 9.53 Å². The third kappa shape index (κ3) is 4.72. The summed E-state index contributed by atoms with van der Waals surface area (Å²) in [5.74, 6) is 1.65. The van der Waals surface area contributed by atoms with E-state index in [2.05, 4.69) is 14.9 Å². The molecule has 2 heterocycles. The van der Waals surface area contributed by atoms with Crippen molar-refractivity contribution in [3.63, 3.8) is 0 Å². The number of hydrogen-bond donors (Lipinski definition) is 0. The lowest BCUT2D eigenvalue weighted by Gasteiger charge is -2.37. The van der Waals surface area contributed by atoms with Crippen LogP contribution in [0.25, 0.3) is 0 Å². The van der Waals surface area contributed by atoms with Gasteiger partial charge in [0.1, 0.15) is 11.4 Å². The predicted molar refractivity (Wildman–Crippen MR) is 95.6 cm³/mol. The van der Waals surface area contributed by atoms with Gasteiger partial charge in [0.15, 0.2) is 0 Å². The molecule has 0 atom stereocenters. The molecule has 134 valence electrons. The first-order valence-electron chi connectivity index (χ1n) is 8.38. The van der Waals surface area contributed by atoms with E-state index in [1.165, 1.54) is 0 Å². The minimum atomic E-state index is -0.463. The van der Waals surface area contributed by atoms with Gasteiger partial charge in [-0.1, -0.05) is 0 Å². The zero-order valence-corrected chi connectivity index (χ0v) is 15.6. The summed E-state index contributed by atoms with van der Waals surface area (Å²) >= 11 is 0. The zero-order chi connectivity index (χ0) is 17.9. The second kappa shape index (κ2) is 7.23. The fourth-order valence-electron chi connectivity index (χ4n) is 2.70. The summed E-state index contributed by atoms with van der Waals surface area (Å²) in [6, 6.07) is 2.14. The number of ether oxygens (including phenoxy) is 1. The number of aromatic nitrogens is 2. The van der Waals surface area contributed by atoms with Gasteiger partial charge >= 0.3 is 6.09 Å². The SMILES string of the molecule is CN(C)c1nccc(N2CCC(N(C)C(=O)OC(C)(C)C)CC2)n1. The molecule has 7 heteroatoms. The summed E-state index contributed by atoms with van der Waals surface area (Å²) in [4.78, 5) is 26.9. The Kier molecular flexibility index (Phi) is 5.51. The second-order valence-electron chi connectivity index (χ2n) is 7.42. The minimum Gasteiger partial charge on any atom is -0.444 e. The number of rotatable bonds is 3. The fourth-order valence-corrected chi connectivity index (χ4v) is 2.70. The molecule has 0 saturated carbocycles. The largest absolute Gasteiger partial charge is 0.444 e. The molecule has 1 amide bonds. The van der Waals surface area contributed by atoms with E-state index in [9.17, 15) is 4.79 Å². The van der Waals surface area contributed by atoms with E-state index in [4.69, 9.17) is 4.74 Å². The minimum absolute atomic E-state index is 0.200. The second-order valence-corrected chi connectivity index (χ2v) is 7.42. The number of amides is 1. The number of nitrogens with zero attached hydrogens (tertiary/aromatic N) is 5. The molecule has 1 fully saturated rings. The predicted octanol–water partition coefficient (Wildman–Crippen LogP) is 2.38. The third-order valence-electron chi connectivity index (χ3n) is 4.05. The molecule has 7 nitrogen and oxygen atoms in total. The van der Waals surface area contributed by atoms with Crippen LogP contribution >= 0.6 is 0 Å². The van der Waals surface area contributed by atoms with Gasteiger partial charge in [0, 0.05) is 46.5 Å². The zero-order valence-electron chi connectivity index (χ0n) is 15.6. The Labute approximate surface area is 144 Å². The lowest BCUT2D eigenvalue weighted by atomic mass is 10.0. The first-order chi connectivity index (χ1) is 11.2. The number of piperidine rings is 1. The molecule has 0 spiro atoms. The lowest BCUT2D eigenvalue weighted by molar-refractivity contribution is 0.0201. The summed E-state index contributed by atoms with van der Waals surface area (Å²) in [6.45, 7) is 7.39. The van der Waals surface area contributed by atoms with Crippen molar-refractivity contribution in [2.45, 2.75) is 45.3 Å². The van der Waals surface area contributed by atoms with Gasteiger partial charge in [-0.25, -0.2) is 9.78 Å². The lowest BCUT2D eigenvalue weighted by Crippen LogP contribution is -2.47. The highest BCUT2D eigenvalue weighted by Gasteiger charge is 2.29. The molecule has 0 unspecified atom stereocenters. The Hall–Kier alpha value is -2.05. The topological polar surface area (TPSA) is 61.8 Å². The van der Waals surface area contributed by atoms with Crippen LogP contribution in [0.2, 0.25) is 0 Å². The van der Waals surface area contributed by atoms with E-state index in [0.717, 1.165) is 31.7 Å². The van der Waals surface area contributed by atoms with Gasteiger partial charge < -0.3 is 19.4 Å². The molecule has 0 aliphatic carbocycles. The molecule has 24 heavy (non-hydrogen) atoms. The van der Waals surface area contributed by atoms with E-state index in [1.54, 1.807) is 11.1 Å². The van der Waals surface area contributed by atoms with Crippen LogP contribution in [0.5, 0.6) is 0 Å². The molecule has 0 bridgehead atoms. The quantitative estimate of drug-likeness (QED) is 0.845. The van der Waals surface area contributed by atoms with Gasteiger partial charge in [-0.2, -0.15) is 4.98 Å². The Morgan fingerprint density at radius 1 is 1.25 bits per heavy atom. The van der Waals surface area contributed by atoms with Gasteiger partial charge in [-0.3, -0.25) is 0 Å². The van der Waals surface area contributed by atoms with Crippen LogP contribution in [0.1, 0.15) is 33.6 Å². The summed E-state index contributed by atoms with van der Waals surface area (Å²) in [6.07, 6.45) is 3.34. The molecular weight excluding hydrogens is 306 g/mol. The van der Waals surface area contributed by atoms with Crippen LogP contribution in [-0.2, 0) is 4.74 Å². The van der Waals surface area contributed by atoms with Gasteiger partial charge in [-0.15, -0.1) is 0 Å². The van der Waals surface area contributed by atoms with E-state index in [1.807, 2.05) is 52.9 Å². The average molecular weight is 335 g/mol. The molecule has 1 aliphatic heterocycles. The van der Waals surface area contributed by atoms with Crippen LogP contribution in [0.3, 0.4) is 0 Å². The van der Waals surface area contributed by atoms with Crippen molar-refractivity contribution in [3.05, 3.63) is 12.3 Å². The maximum atomic E-state index is 12.2. The van der Waals surface area contributed by atoms with Gasteiger partial charge in [0.05, 0.1) is 0 Å². The maximum Gasteiger partial charge on any atom is 0.410 e. The number of carbonyl (C=O) groups is 1. The van der Waals surface area contributed by atoms with Crippen molar-refractivity contribution in [2.24, 2.45) is 0 Å². The average Bonchev–Trinajstić information content (AvgIpc) is 2.53. The number of hydrogen-bond acceptors (Lipinski definition) is 6. The first kappa shape index (κ1) is 18.3.